The molecule has 0 aliphatic carbocycles. The predicted molar refractivity (Wildman–Crippen MR) is 73.0 cm³/mol. The zero-order chi connectivity index (χ0) is 13.0. The van der Waals surface area contributed by atoms with Crippen molar-refractivity contribution in [1.82, 2.24) is 0 Å². The topological polar surface area (TPSA) is 26.3 Å². The molecule has 1 aromatic carbocycles. The third-order valence-corrected chi connectivity index (χ3v) is 3.73. The van der Waals surface area contributed by atoms with Crippen molar-refractivity contribution in [2.24, 2.45) is 0 Å². The van der Waals surface area contributed by atoms with Crippen LogP contribution in [-0.2, 0) is 11.2 Å². The standard InChI is InChI=1S/C16H22O2/c1-3-4-6-13-7-9-14(10-8-13)15(17)16(2)11-5-12-18-16/h7-10H,3-6,11-12H2,1-2H3. The van der Waals surface area contributed by atoms with Gasteiger partial charge in [0.05, 0.1) is 0 Å². The molecule has 1 saturated heterocycles. The van der Waals surface area contributed by atoms with Crippen molar-refractivity contribution in [3.8, 4) is 0 Å². The van der Waals surface area contributed by atoms with Crippen molar-refractivity contribution in [3.05, 3.63) is 35.4 Å². The Balaban J connectivity index is 2.07. The van der Waals surface area contributed by atoms with Gasteiger partial charge in [-0.15, -0.1) is 0 Å². The Morgan fingerprint density at radius 3 is 2.61 bits per heavy atom. The molecule has 0 aromatic heterocycles. The smallest absolute Gasteiger partial charge is 0.194 e. The maximum atomic E-state index is 12.4. The Bertz CT molecular complexity index is 400. The van der Waals surface area contributed by atoms with E-state index in [1.807, 2.05) is 19.1 Å². The minimum Gasteiger partial charge on any atom is -0.367 e. The molecule has 2 rings (SSSR count). The second kappa shape index (κ2) is 5.66. The van der Waals surface area contributed by atoms with Crippen LogP contribution in [0.1, 0.15) is 55.5 Å². The van der Waals surface area contributed by atoms with Gasteiger partial charge in [-0.05, 0) is 38.2 Å². The Morgan fingerprint density at radius 1 is 1.33 bits per heavy atom. The third-order valence-electron chi connectivity index (χ3n) is 3.73. The summed E-state index contributed by atoms with van der Waals surface area (Å²) in [5, 5.41) is 0. The van der Waals surface area contributed by atoms with Gasteiger partial charge in [-0.25, -0.2) is 0 Å². The first-order valence-electron chi connectivity index (χ1n) is 6.93. The molecule has 0 amide bonds. The molecule has 1 unspecified atom stereocenters. The van der Waals surface area contributed by atoms with Crippen LogP contribution in [0.25, 0.3) is 0 Å². The third kappa shape index (κ3) is 2.81. The molecule has 98 valence electrons. The molecule has 0 bridgehead atoms. The number of carbonyl (C=O) groups excluding carboxylic acids is 1. The van der Waals surface area contributed by atoms with Crippen molar-refractivity contribution < 1.29 is 9.53 Å². The second-order valence-corrected chi connectivity index (χ2v) is 5.31. The van der Waals surface area contributed by atoms with E-state index in [0.29, 0.717) is 6.61 Å². The SMILES string of the molecule is CCCCc1ccc(C(=O)C2(C)CCCO2)cc1. The van der Waals surface area contributed by atoms with E-state index in [4.69, 9.17) is 4.74 Å². The molecule has 1 aliphatic rings. The van der Waals surface area contributed by atoms with Crippen LogP contribution in [0.5, 0.6) is 0 Å². The number of ketones is 1. The summed E-state index contributed by atoms with van der Waals surface area (Å²) in [7, 11) is 0. The van der Waals surface area contributed by atoms with Gasteiger partial charge in [0.15, 0.2) is 5.78 Å². The fourth-order valence-corrected chi connectivity index (χ4v) is 2.47. The molecule has 18 heavy (non-hydrogen) atoms. The average Bonchev–Trinajstić information content (AvgIpc) is 2.84. The molecular formula is C16H22O2. The van der Waals surface area contributed by atoms with E-state index in [2.05, 4.69) is 19.1 Å². The first-order chi connectivity index (χ1) is 8.65. The molecular weight excluding hydrogens is 224 g/mol. The van der Waals surface area contributed by atoms with E-state index in [1.165, 1.54) is 18.4 Å². The lowest BCUT2D eigenvalue weighted by molar-refractivity contribution is 0.0213. The first kappa shape index (κ1) is 13.3. The highest BCUT2D eigenvalue weighted by molar-refractivity contribution is 6.02. The second-order valence-electron chi connectivity index (χ2n) is 5.31. The molecule has 1 fully saturated rings. The van der Waals surface area contributed by atoms with Gasteiger partial charge in [-0.3, -0.25) is 4.79 Å². The number of hydrogen-bond donors (Lipinski definition) is 0. The minimum absolute atomic E-state index is 0.127. The zero-order valence-corrected chi connectivity index (χ0v) is 11.4. The number of benzene rings is 1. The molecule has 0 saturated carbocycles. The molecule has 1 aromatic rings. The molecule has 0 N–H and O–H groups in total. The van der Waals surface area contributed by atoms with Crippen molar-refractivity contribution in [1.29, 1.82) is 0 Å². The van der Waals surface area contributed by atoms with E-state index in [-0.39, 0.29) is 5.78 Å². The fourth-order valence-electron chi connectivity index (χ4n) is 2.47. The molecule has 2 nitrogen and oxygen atoms in total. The maximum Gasteiger partial charge on any atom is 0.194 e. The Kier molecular flexibility index (Phi) is 4.18. The van der Waals surface area contributed by atoms with Crippen LogP contribution in [0.15, 0.2) is 24.3 Å². The number of unbranched alkanes of at least 4 members (excludes halogenated alkanes) is 1. The van der Waals surface area contributed by atoms with Crippen LogP contribution in [0.4, 0.5) is 0 Å². The van der Waals surface area contributed by atoms with Crippen LogP contribution in [0.3, 0.4) is 0 Å². The highest BCUT2D eigenvalue weighted by atomic mass is 16.5. The van der Waals surface area contributed by atoms with Gasteiger partial charge in [-0.2, -0.15) is 0 Å². The highest BCUT2D eigenvalue weighted by Gasteiger charge is 2.37. The molecule has 1 atom stereocenters. The van der Waals surface area contributed by atoms with Crippen LogP contribution >= 0.6 is 0 Å². The summed E-state index contributed by atoms with van der Waals surface area (Å²) < 4.78 is 5.60. The van der Waals surface area contributed by atoms with Gasteiger partial charge >= 0.3 is 0 Å². The summed E-state index contributed by atoms with van der Waals surface area (Å²) >= 11 is 0. The van der Waals surface area contributed by atoms with Crippen molar-refractivity contribution in [3.63, 3.8) is 0 Å². The normalized spacial score (nSPS) is 23.2. The van der Waals surface area contributed by atoms with E-state index < -0.39 is 5.60 Å². The van der Waals surface area contributed by atoms with Crippen LogP contribution in [0, 0.1) is 0 Å². The van der Waals surface area contributed by atoms with E-state index in [1.54, 1.807) is 0 Å². The summed E-state index contributed by atoms with van der Waals surface area (Å²) in [5.41, 5.74) is 1.50. The number of carbonyl (C=O) groups is 1. The minimum atomic E-state index is -0.592. The van der Waals surface area contributed by atoms with Crippen molar-refractivity contribution in [2.75, 3.05) is 6.61 Å². The lowest BCUT2D eigenvalue weighted by atomic mass is 9.91. The summed E-state index contributed by atoms with van der Waals surface area (Å²) in [6.45, 7) is 4.81. The molecule has 0 spiro atoms. The van der Waals surface area contributed by atoms with Gasteiger partial charge in [0.25, 0.3) is 0 Å². The largest absolute Gasteiger partial charge is 0.367 e. The first-order valence-corrected chi connectivity index (χ1v) is 6.93. The van der Waals surface area contributed by atoms with Gasteiger partial charge in [0.1, 0.15) is 5.60 Å². The summed E-state index contributed by atoms with van der Waals surface area (Å²) in [6.07, 6.45) is 5.32. The van der Waals surface area contributed by atoms with E-state index in [0.717, 1.165) is 24.8 Å². The zero-order valence-electron chi connectivity index (χ0n) is 11.4. The number of ether oxygens (including phenoxy) is 1. The van der Waals surface area contributed by atoms with E-state index in [9.17, 15) is 4.79 Å². The van der Waals surface area contributed by atoms with Gasteiger partial charge in [-0.1, -0.05) is 37.6 Å². The number of aryl methyl sites for hydroxylation is 1. The Hall–Kier alpha value is -1.15. The van der Waals surface area contributed by atoms with Gasteiger partial charge < -0.3 is 4.74 Å². The molecule has 0 radical (unpaired) electrons. The van der Waals surface area contributed by atoms with Crippen molar-refractivity contribution in [2.45, 2.75) is 51.6 Å². The average molecular weight is 246 g/mol. The van der Waals surface area contributed by atoms with Crippen LogP contribution in [-0.4, -0.2) is 18.0 Å². The molecule has 2 heteroatoms. The molecule has 1 aliphatic heterocycles. The monoisotopic (exact) mass is 246 g/mol. The summed E-state index contributed by atoms with van der Waals surface area (Å²) in [6, 6.07) is 8.03. The number of hydrogen-bond acceptors (Lipinski definition) is 2. The highest BCUT2D eigenvalue weighted by Crippen LogP contribution is 2.29. The van der Waals surface area contributed by atoms with Crippen LogP contribution in [0.2, 0.25) is 0 Å². The fraction of sp³-hybridized carbons (Fsp3) is 0.562. The Morgan fingerprint density at radius 2 is 2.06 bits per heavy atom. The van der Waals surface area contributed by atoms with Crippen LogP contribution < -0.4 is 0 Å². The van der Waals surface area contributed by atoms with Gasteiger partial charge in [0, 0.05) is 12.2 Å². The molecule has 1 heterocycles. The lowest BCUT2D eigenvalue weighted by Gasteiger charge is -2.21. The Labute approximate surface area is 109 Å². The maximum absolute atomic E-state index is 12.4. The quantitative estimate of drug-likeness (QED) is 0.739. The van der Waals surface area contributed by atoms with Crippen molar-refractivity contribution >= 4 is 5.78 Å². The number of Topliss-reactive ketones (excluding diaryl/α,β-unsaturated/α-hetero) is 1. The van der Waals surface area contributed by atoms with Gasteiger partial charge in [0.2, 0.25) is 0 Å². The van der Waals surface area contributed by atoms with E-state index >= 15 is 0 Å². The lowest BCUT2D eigenvalue weighted by Crippen LogP contribution is -2.34. The summed E-state index contributed by atoms with van der Waals surface area (Å²) in [5.74, 6) is 0.127. The number of rotatable bonds is 5. The predicted octanol–water partition coefficient (Wildman–Crippen LogP) is 3.78. The summed E-state index contributed by atoms with van der Waals surface area (Å²) in [4.78, 5) is 12.4.